The van der Waals surface area contributed by atoms with E-state index in [0.29, 0.717) is 55.4 Å². The largest absolute Gasteiger partial charge is 0.503 e. The van der Waals surface area contributed by atoms with Crippen LogP contribution in [0.15, 0.2) is 64.3 Å². The Bertz CT molecular complexity index is 1320. The molecule has 0 saturated carbocycles. The first-order valence-electron chi connectivity index (χ1n) is 12.9. The molecule has 1 atom stereocenters. The van der Waals surface area contributed by atoms with E-state index in [9.17, 15) is 14.7 Å². The quantitative estimate of drug-likeness (QED) is 0.398. The van der Waals surface area contributed by atoms with Gasteiger partial charge in [-0.3, -0.25) is 14.5 Å². The first-order valence-corrected chi connectivity index (χ1v) is 12.9. The highest BCUT2D eigenvalue weighted by Crippen LogP contribution is 2.42. The van der Waals surface area contributed by atoms with Gasteiger partial charge in [-0.2, -0.15) is 0 Å². The molecule has 3 heterocycles. The maximum absolute atomic E-state index is 13.8. The minimum Gasteiger partial charge on any atom is -0.503 e. The number of carbonyl (C=O) groups excluding carboxylic acids is 2. The van der Waals surface area contributed by atoms with Gasteiger partial charge in [0.15, 0.2) is 23.0 Å². The summed E-state index contributed by atoms with van der Waals surface area (Å²) in [5, 5.41) is 11.8. The molecule has 1 saturated heterocycles. The van der Waals surface area contributed by atoms with Crippen molar-refractivity contribution in [1.29, 1.82) is 0 Å². The number of furan rings is 1. The summed E-state index contributed by atoms with van der Waals surface area (Å²) < 4.78 is 22.4. The molecule has 9 heteroatoms. The molecule has 200 valence electrons. The highest BCUT2D eigenvalue weighted by atomic mass is 16.5. The van der Waals surface area contributed by atoms with Gasteiger partial charge in [0.05, 0.1) is 38.5 Å². The van der Waals surface area contributed by atoms with Crippen LogP contribution in [0.2, 0.25) is 0 Å². The third-order valence-corrected chi connectivity index (χ3v) is 6.98. The van der Waals surface area contributed by atoms with Crippen LogP contribution in [-0.2, 0) is 9.53 Å². The molecule has 1 N–H and O–H groups in total. The molecule has 0 spiro atoms. The number of para-hydroxylation sites is 1. The van der Waals surface area contributed by atoms with E-state index in [1.807, 2.05) is 25.1 Å². The number of carbonyl (C=O) groups is 2. The molecule has 1 unspecified atom stereocenters. The van der Waals surface area contributed by atoms with Crippen molar-refractivity contribution in [2.75, 3.05) is 53.1 Å². The zero-order valence-electron chi connectivity index (χ0n) is 21.6. The molecule has 2 aromatic carbocycles. The van der Waals surface area contributed by atoms with E-state index in [1.165, 1.54) is 7.11 Å². The number of benzene rings is 2. The van der Waals surface area contributed by atoms with Crippen LogP contribution in [0.25, 0.3) is 11.0 Å². The zero-order chi connectivity index (χ0) is 26.6. The fourth-order valence-corrected chi connectivity index (χ4v) is 5.11. The van der Waals surface area contributed by atoms with Crippen LogP contribution in [0.3, 0.4) is 0 Å². The van der Waals surface area contributed by atoms with Gasteiger partial charge in [-0.05, 0) is 43.2 Å². The van der Waals surface area contributed by atoms with Crippen LogP contribution >= 0.6 is 0 Å². The van der Waals surface area contributed by atoms with Crippen LogP contribution in [0, 0.1) is 0 Å². The van der Waals surface area contributed by atoms with Gasteiger partial charge in [0.25, 0.3) is 5.91 Å². The number of nitrogens with zero attached hydrogens (tertiary/aromatic N) is 2. The van der Waals surface area contributed by atoms with Gasteiger partial charge in [0.2, 0.25) is 5.78 Å². The van der Waals surface area contributed by atoms with Crippen molar-refractivity contribution in [3.63, 3.8) is 0 Å². The summed E-state index contributed by atoms with van der Waals surface area (Å²) in [6, 6.07) is 13.4. The molecular weight excluding hydrogens is 488 g/mol. The monoisotopic (exact) mass is 520 g/mol. The van der Waals surface area contributed by atoms with E-state index < -0.39 is 23.5 Å². The van der Waals surface area contributed by atoms with E-state index in [-0.39, 0.29) is 11.3 Å². The maximum Gasteiger partial charge on any atom is 0.290 e. The normalized spacial score (nSPS) is 18.4. The van der Waals surface area contributed by atoms with Gasteiger partial charge in [-0.25, -0.2) is 0 Å². The molecule has 0 aliphatic carbocycles. The lowest BCUT2D eigenvalue weighted by atomic mass is 9.94. The van der Waals surface area contributed by atoms with Crippen LogP contribution < -0.4 is 9.47 Å². The number of methoxy groups -OCH3 is 1. The summed E-state index contributed by atoms with van der Waals surface area (Å²) in [6.07, 6.45) is 0.676. The Morgan fingerprint density at radius 1 is 1.08 bits per heavy atom. The Balaban J connectivity index is 1.49. The van der Waals surface area contributed by atoms with Gasteiger partial charge in [0, 0.05) is 31.6 Å². The molecule has 2 aliphatic heterocycles. The molecule has 0 radical (unpaired) electrons. The third kappa shape index (κ3) is 4.99. The van der Waals surface area contributed by atoms with Crippen LogP contribution in [0.4, 0.5) is 0 Å². The van der Waals surface area contributed by atoms with E-state index in [2.05, 4.69) is 4.90 Å². The molecule has 9 nitrogen and oxygen atoms in total. The second kappa shape index (κ2) is 11.3. The van der Waals surface area contributed by atoms with Crippen molar-refractivity contribution >= 4 is 22.7 Å². The number of ether oxygens (including phenoxy) is 3. The average Bonchev–Trinajstić information content (AvgIpc) is 3.49. The Morgan fingerprint density at radius 3 is 2.61 bits per heavy atom. The molecular formula is C29H32N2O7. The standard InChI is InChI=1S/C29H32N2O7/c1-3-37-22-10-9-20(18-23(22)35-2)26-25(27(32)24-17-19-7-4-5-8-21(19)38-24)28(33)29(34)31(26)12-6-11-30-13-15-36-16-14-30/h4-5,7-10,17-18,26,33H,3,6,11-16H2,1-2H3. The van der Waals surface area contributed by atoms with Gasteiger partial charge in [0.1, 0.15) is 5.58 Å². The predicted octanol–water partition coefficient (Wildman–Crippen LogP) is 4.14. The van der Waals surface area contributed by atoms with Crippen LogP contribution in [0.1, 0.15) is 35.5 Å². The Morgan fingerprint density at radius 2 is 1.87 bits per heavy atom. The van der Waals surface area contributed by atoms with E-state index >= 15 is 0 Å². The third-order valence-electron chi connectivity index (χ3n) is 6.98. The Kier molecular flexibility index (Phi) is 7.67. The van der Waals surface area contributed by atoms with Gasteiger partial charge < -0.3 is 28.6 Å². The number of hydrogen-bond donors (Lipinski definition) is 1. The lowest BCUT2D eigenvalue weighted by Crippen LogP contribution is -2.39. The van der Waals surface area contributed by atoms with Crippen molar-refractivity contribution in [3.05, 3.63) is 71.2 Å². The summed E-state index contributed by atoms with van der Waals surface area (Å²) in [6.45, 7) is 6.54. The molecule has 1 amide bonds. The Labute approximate surface area is 221 Å². The molecule has 2 aliphatic rings. The first-order chi connectivity index (χ1) is 18.5. The van der Waals surface area contributed by atoms with Gasteiger partial charge >= 0.3 is 0 Å². The summed E-state index contributed by atoms with van der Waals surface area (Å²) in [5.41, 5.74) is 1.18. The minimum absolute atomic E-state index is 0.00774. The highest BCUT2D eigenvalue weighted by Gasteiger charge is 2.44. The molecule has 5 rings (SSSR count). The number of rotatable bonds is 10. The molecule has 1 fully saturated rings. The molecule has 38 heavy (non-hydrogen) atoms. The molecule has 1 aromatic heterocycles. The van der Waals surface area contributed by atoms with Gasteiger partial charge in [-0.1, -0.05) is 24.3 Å². The summed E-state index contributed by atoms with van der Waals surface area (Å²) in [7, 11) is 1.54. The van der Waals surface area contributed by atoms with Gasteiger partial charge in [-0.15, -0.1) is 0 Å². The minimum atomic E-state index is -0.808. The van der Waals surface area contributed by atoms with Crippen molar-refractivity contribution in [2.45, 2.75) is 19.4 Å². The Hall–Kier alpha value is -3.82. The molecule has 0 bridgehead atoms. The highest BCUT2D eigenvalue weighted by molar-refractivity contribution is 6.16. The summed E-state index contributed by atoms with van der Waals surface area (Å²) >= 11 is 0. The number of fused-ring (bicyclic) bond motifs is 1. The number of aliphatic hydroxyl groups is 1. The van der Waals surface area contributed by atoms with Crippen molar-refractivity contribution in [3.8, 4) is 11.5 Å². The second-order valence-corrected chi connectivity index (χ2v) is 9.29. The summed E-state index contributed by atoms with van der Waals surface area (Å²) in [5.74, 6) is -0.560. The number of hydrogen-bond acceptors (Lipinski definition) is 8. The predicted molar refractivity (Wildman–Crippen MR) is 141 cm³/mol. The zero-order valence-corrected chi connectivity index (χ0v) is 21.6. The van der Waals surface area contributed by atoms with Crippen molar-refractivity contribution in [2.24, 2.45) is 0 Å². The number of morpholine rings is 1. The second-order valence-electron chi connectivity index (χ2n) is 9.29. The number of amides is 1. The molecule has 3 aromatic rings. The lowest BCUT2D eigenvalue weighted by molar-refractivity contribution is -0.129. The smallest absolute Gasteiger partial charge is 0.290 e. The van der Waals surface area contributed by atoms with Crippen LogP contribution in [-0.4, -0.2) is 79.7 Å². The van der Waals surface area contributed by atoms with E-state index in [1.54, 1.807) is 35.2 Å². The SMILES string of the molecule is CCOc1ccc(C2C(C(=O)c3cc4ccccc4o3)=C(O)C(=O)N2CCCN2CCOCC2)cc1OC. The first kappa shape index (κ1) is 25.8. The maximum atomic E-state index is 13.8. The summed E-state index contributed by atoms with van der Waals surface area (Å²) in [4.78, 5) is 31.0. The van der Waals surface area contributed by atoms with E-state index in [4.69, 9.17) is 18.6 Å². The van der Waals surface area contributed by atoms with Crippen molar-refractivity contribution in [1.82, 2.24) is 9.80 Å². The van der Waals surface area contributed by atoms with Crippen molar-refractivity contribution < 1.29 is 33.3 Å². The lowest BCUT2D eigenvalue weighted by Gasteiger charge is -2.30. The number of aliphatic hydroxyl groups excluding tert-OH is 1. The number of Topliss-reactive ketones (excluding diaryl/α,β-unsaturated/α-hetero) is 1. The fraction of sp³-hybridized carbons (Fsp3) is 0.379. The topological polar surface area (TPSA) is 102 Å². The average molecular weight is 521 g/mol. The van der Waals surface area contributed by atoms with E-state index in [0.717, 1.165) is 25.0 Å². The number of ketones is 1. The fourth-order valence-electron chi connectivity index (χ4n) is 5.11. The van der Waals surface area contributed by atoms with Crippen LogP contribution in [0.5, 0.6) is 11.5 Å².